The molecule has 2 saturated heterocycles. The number of rotatable bonds is 5. The molecule has 6 rings (SSSR count). The van der Waals surface area contributed by atoms with Crippen molar-refractivity contribution in [2.45, 2.75) is 51.2 Å². The van der Waals surface area contributed by atoms with Crippen LogP contribution >= 0.6 is 0 Å². The number of benzene rings is 1. The topological polar surface area (TPSA) is 64.9 Å². The zero-order valence-corrected chi connectivity index (χ0v) is 21.6. The number of aromatic nitrogens is 2. The van der Waals surface area contributed by atoms with E-state index in [-0.39, 0.29) is 11.9 Å². The predicted molar refractivity (Wildman–Crippen MR) is 138 cm³/mol. The van der Waals surface area contributed by atoms with Gasteiger partial charge in [-0.2, -0.15) is 9.78 Å². The summed E-state index contributed by atoms with van der Waals surface area (Å²) in [6, 6.07) is 10.0. The van der Waals surface area contributed by atoms with Gasteiger partial charge in [0.15, 0.2) is 0 Å². The third-order valence-electron chi connectivity index (χ3n) is 8.86. The molecule has 0 N–H and O–H groups in total. The predicted octanol–water partition coefficient (Wildman–Crippen LogP) is 2.92. The average molecular weight is 491 g/mol. The number of hydrogen-bond donors (Lipinski definition) is 0. The van der Waals surface area contributed by atoms with Crippen LogP contribution in [0.5, 0.6) is 0 Å². The third-order valence-corrected chi connectivity index (χ3v) is 8.86. The smallest absolute Gasteiger partial charge is 0.336 e. The monoisotopic (exact) mass is 490 g/mol. The van der Waals surface area contributed by atoms with E-state index in [1.165, 1.54) is 28.7 Å². The maximum absolute atomic E-state index is 13.2. The molecule has 0 radical (unpaired) electrons. The maximum Gasteiger partial charge on any atom is 0.344 e. The molecule has 36 heavy (non-hydrogen) atoms. The van der Waals surface area contributed by atoms with E-state index in [4.69, 9.17) is 0 Å². The van der Waals surface area contributed by atoms with E-state index in [2.05, 4.69) is 53.1 Å². The molecule has 8 nitrogen and oxygen atoms in total. The number of carbonyl (C=O) groups is 2. The van der Waals surface area contributed by atoms with Crippen LogP contribution in [0.1, 0.15) is 47.2 Å². The Balaban J connectivity index is 1.00. The molecule has 0 spiro atoms. The van der Waals surface area contributed by atoms with E-state index in [1.807, 2.05) is 9.80 Å². The summed E-state index contributed by atoms with van der Waals surface area (Å²) < 4.78 is 1.37. The standard InChI is InChI=1S/C28H38N6O2/c1-20-3-5-21(6-4-20)16-30(2)26-13-22-17-33(18-23(22)14-26)28(36)34-19-24(15-29-34)27(35)32-11-9-31(10-12-32)25-7-8-25/h3-6,15,19,22-23,25-26H,7-14,16-18H2,1-2H3/t22-,23+,26?. The van der Waals surface area contributed by atoms with Gasteiger partial charge in [-0.3, -0.25) is 14.6 Å². The molecule has 0 bridgehead atoms. The minimum absolute atomic E-state index is 0.0118. The first kappa shape index (κ1) is 23.7. The Morgan fingerprint density at radius 1 is 0.972 bits per heavy atom. The minimum Gasteiger partial charge on any atom is -0.336 e. The number of carbonyl (C=O) groups excluding carboxylic acids is 2. The van der Waals surface area contributed by atoms with Crippen LogP contribution in [0.15, 0.2) is 36.7 Å². The molecule has 2 saturated carbocycles. The summed E-state index contributed by atoms with van der Waals surface area (Å²) in [7, 11) is 2.22. The molecule has 3 heterocycles. The Hall–Kier alpha value is -2.71. The number of hydrogen-bond acceptors (Lipinski definition) is 5. The second kappa shape index (κ2) is 9.63. The van der Waals surface area contributed by atoms with Crippen LogP contribution in [0.3, 0.4) is 0 Å². The molecule has 3 atom stereocenters. The van der Waals surface area contributed by atoms with Crippen molar-refractivity contribution < 1.29 is 9.59 Å². The van der Waals surface area contributed by atoms with Crippen molar-refractivity contribution in [2.75, 3.05) is 46.3 Å². The van der Waals surface area contributed by atoms with Gasteiger partial charge in [0.1, 0.15) is 0 Å². The van der Waals surface area contributed by atoms with Gasteiger partial charge in [0.25, 0.3) is 5.91 Å². The van der Waals surface area contributed by atoms with Crippen LogP contribution in [0.25, 0.3) is 0 Å². The Kier molecular flexibility index (Phi) is 6.33. The lowest BCUT2D eigenvalue weighted by Crippen LogP contribution is -2.49. The second-order valence-electron chi connectivity index (χ2n) is 11.5. The summed E-state index contributed by atoms with van der Waals surface area (Å²) in [4.78, 5) is 35.0. The first-order chi connectivity index (χ1) is 17.4. The summed E-state index contributed by atoms with van der Waals surface area (Å²) in [5.41, 5.74) is 3.16. The Labute approximate surface area is 213 Å². The molecule has 2 aromatic rings. The SMILES string of the molecule is Cc1ccc(CN(C)C2C[C@@H]3CN(C(=O)n4cc(C(=O)N5CCN(C6CC6)CC5)cn4)C[C@@H]3C2)cc1. The van der Waals surface area contributed by atoms with Gasteiger partial charge in [-0.15, -0.1) is 0 Å². The van der Waals surface area contributed by atoms with E-state index in [0.29, 0.717) is 23.4 Å². The molecule has 1 aromatic heterocycles. The molecule has 4 aliphatic rings. The lowest BCUT2D eigenvalue weighted by molar-refractivity contribution is 0.0627. The van der Waals surface area contributed by atoms with Crippen molar-refractivity contribution in [3.63, 3.8) is 0 Å². The van der Waals surface area contributed by atoms with E-state index in [9.17, 15) is 9.59 Å². The minimum atomic E-state index is -0.105. The first-order valence-electron chi connectivity index (χ1n) is 13.6. The summed E-state index contributed by atoms with van der Waals surface area (Å²) in [6.07, 6.45) is 8.04. The Morgan fingerprint density at radius 2 is 1.64 bits per heavy atom. The van der Waals surface area contributed by atoms with E-state index < -0.39 is 0 Å². The molecule has 192 valence electrons. The molecule has 1 aromatic carbocycles. The van der Waals surface area contributed by atoms with E-state index in [0.717, 1.165) is 64.7 Å². The molecular formula is C28H38N6O2. The molecule has 2 aliphatic carbocycles. The van der Waals surface area contributed by atoms with Crippen molar-refractivity contribution >= 4 is 11.9 Å². The highest BCUT2D eigenvalue weighted by atomic mass is 16.2. The van der Waals surface area contributed by atoms with Crippen LogP contribution < -0.4 is 0 Å². The zero-order valence-electron chi connectivity index (χ0n) is 21.6. The quantitative estimate of drug-likeness (QED) is 0.645. The average Bonchev–Trinajstić information content (AvgIpc) is 3.29. The number of amides is 2. The fourth-order valence-electron chi connectivity index (χ4n) is 6.49. The van der Waals surface area contributed by atoms with E-state index >= 15 is 0 Å². The molecule has 8 heteroatoms. The van der Waals surface area contributed by atoms with Crippen LogP contribution in [-0.4, -0.2) is 99.7 Å². The molecule has 2 amide bonds. The zero-order chi connectivity index (χ0) is 24.8. The van der Waals surface area contributed by atoms with Gasteiger partial charge in [0, 0.05) is 64.1 Å². The molecular weight excluding hydrogens is 452 g/mol. The summed E-state index contributed by atoms with van der Waals surface area (Å²) in [6.45, 7) is 8.05. The van der Waals surface area contributed by atoms with Crippen LogP contribution in [0.4, 0.5) is 4.79 Å². The molecule has 4 fully saturated rings. The number of piperazine rings is 1. The van der Waals surface area contributed by atoms with Gasteiger partial charge in [0.2, 0.25) is 0 Å². The summed E-state index contributed by atoms with van der Waals surface area (Å²) >= 11 is 0. The van der Waals surface area contributed by atoms with E-state index in [1.54, 1.807) is 12.4 Å². The Bertz CT molecular complexity index is 1090. The number of likely N-dealkylation sites (tertiary alicyclic amines) is 1. The van der Waals surface area contributed by atoms with Crippen molar-refractivity contribution in [1.29, 1.82) is 0 Å². The first-order valence-corrected chi connectivity index (χ1v) is 13.6. The van der Waals surface area contributed by atoms with Crippen molar-refractivity contribution in [3.8, 4) is 0 Å². The van der Waals surface area contributed by atoms with Crippen molar-refractivity contribution in [3.05, 3.63) is 53.3 Å². The van der Waals surface area contributed by atoms with Gasteiger partial charge in [-0.05, 0) is 57.1 Å². The molecule has 2 aliphatic heterocycles. The maximum atomic E-state index is 13.2. The fourth-order valence-corrected chi connectivity index (χ4v) is 6.49. The van der Waals surface area contributed by atoms with Gasteiger partial charge in [-0.1, -0.05) is 29.8 Å². The van der Waals surface area contributed by atoms with Gasteiger partial charge in [-0.25, -0.2) is 4.79 Å². The highest BCUT2D eigenvalue weighted by molar-refractivity contribution is 5.94. The Morgan fingerprint density at radius 3 is 2.28 bits per heavy atom. The number of fused-ring (bicyclic) bond motifs is 1. The van der Waals surface area contributed by atoms with Gasteiger partial charge < -0.3 is 9.80 Å². The molecule has 1 unspecified atom stereocenters. The number of aryl methyl sites for hydroxylation is 1. The number of nitrogens with zero attached hydrogens (tertiary/aromatic N) is 6. The van der Waals surface area contributed by atoms with Crippen LogP contribution in [0, 0.1) is 18.8 Å². The summed E-state index contributed by atoms with van der Waals surface area (Å²) in [5, 5.41) is 4.28. The van der Waals surface area contributed by atoms with Crippen LogP contribution in [0.2, 0.25) is 0 Å². The normalized spacial score (nSPS) is 26.6. The highest BCUT2D eigenvalue weighted by Gasteiger charge is 2.44. The van der Waals surface area contributed by atoms with Crippen molar-refractivity contribution in [2.24, 2.45) is 11.8 Å². The van der Waals surface area contributed by atoms with Crippen molar-refractivity contribution in [1.82, 2.24) is 29.4 Å². The largest absolute Gasteiger partial charge is 0.344 e. The lowest BCUT2D eigenvalue weighted by Gasteiger charge is -2.34. The van der Waals surface area contributed by atoms with Gasteiger partial charge in [0.05, 0.1) is 11.8 Å². The lowest BCUT2D eigenvalue weighted by atomic mass is 10.0. The highest BCUT2D eigenvalue weighted by Crippen LogP contribution is 2.40. The van der Waals surface area contributed by atoms with Gasteiger partial charge >= 0.3 is 6.03 Å². The fraction of sp³-hybridized carbons (Fsp3) is 0.607. The summed E-state index contributed by atoms with van der Waals surface area (Å²) in [5.74, 6) is 1.07. The third kappa shape index (κ3) is 4.81. The second-order valence-corrected chi connectivity index (χ2v) is 11.5. The van der Waals surface area contributed by atoms with Crippen LogP contribution in [-0.2, 0) is 6.54 Å².